The van der Waals surface area contributed by atoms with E-state index >= 15 is 0 Å². The summed E-state index contributed by atoms with van der Waals surface area (Å²) >= 11 is 1.71. The maximum atomic E-state index is 12.0. The number of thiophene rings is 1. The summed E-state index contributed by atoms with van der Waals surface area (Å²) in [5.41, 5.74) is 2.14. The molecule has 2 aromatic rings. The number of amides is 1. The highest BCUT2D eigenvalue weighted by atomic mass is 32.1. The van der Waals surface area contributed by atoms with Gasteiger partial charge in [0.1, 0.15) is 5.82 Å². The molecule has 1 amide bonds. The van der Waals surface area contributed by atoms with Crippen molar-refractivity contribution in [2.75, 3.05) is 18.4 Å². The molecule has 7 heteroatoms. The van der Waals surface area contributed by atoms with Crippen LogP contribution >= 0.6 is 11.3 Å². The highest BCUT2D eigenvalue weighted by Crippen LogP contribution is 2.16. The smallest absolute Gasteiger partial charge is 0.227 e. The van der Waals surface area contributed by atoms with Crippen molar-refractivity contribution < 1.29 is 4.79 Å². The number of rotatable bonds is 7. The van der Waals surface area contributed by atoms with E-state index in [0.717, 1.165) is 18.2 Å². The van der Waals surface area contributed by atoms with E-state index in [1.165, 1.54) is 10.4 Å². The van der Waals surface area contributed by atoms with Crippen LogP contribution in [-0.4, -0.2) is 29.9 Å². The molecule has 0 spiro atoms. The summed E-state index contributed by atoms with van der Waals surface area (Å²) in [7, 11) is 0. The molecule has 3 N–H and O–H groups in total. The first-order valence-electron chi connectivity index (χ1n) is 8.37. The fourth-order valence-electron chi connectivity index (χ4n) is 2.17. The lowest BCUT2D eigenvalue weighted by molar-refractivity contribution is -0.116. The minimum absolute atomic E-state index is 0.0736. The van der Waals surface area contributed by atoms with E-state index in [2.05, 4.69) is 44.3 Å². The van der Waals surface area contributed by atoms with Crippen LogP contribution in [0.1, 0.15) is 29.5 Å². The number of aliphatic imine (C=N–C) groups is 1. The van der Waals surface area contributed by atoms with Crippen LogP contribution in [0.25, 0.3) is 0 Å². The molecule has 0 saturated carbocycles. The molecule has 0 aliphatic carbocycles. The predicted octanol–water partition coefficient (Wildman–Crippen LogP) is 2.84. The Morgan fingerprint density at radius 2 is 2.08 bits per heavy atom. The maximum Gasteiger partial charge on any atom is 0.227 e. The minimum atomic E-state index is -0.0736. The molecule has 0 unspecified atom stereocenters. The number of hydrogen-bond donors (Lipinski definition) is 3. The summed E-state index contributed by atoms with van der Waals surface area (Å²) in [5, 5.41) is 11.3. The van der Waals surface area contributed by atoms with Crippen molar-refractivity contribution in [1.29, 1.82) is 0 Å². The average Bonchev–Trinajstić information content (AvgIpc) is 2.97. The van der Waals surface area contributed by atoms with E-state index < -0.39 is 0 Å². The van der Waals surface area contributed by atoms with Crippen LogP contribution in [0.3, 0.4) is 0 Å². The van der Waals surface area contributed by atoms with Gasteiger partial charge in [-0.25, -0.2) is 9.98 Å². The van der Waals surface area contributed by atoms with E-state index in [0.29, 0.717) is 25.3 Å². The lowest BCUT2D eigenvalue weighted by Crippen LogP contribution is -2.38. The normalized spacial score (nSPS) is 11.2. The Hall–Kier alpha value is -2.41. The first-order chi connectivity index (χ1) is 12.1. The number of nitrogens with zero attached hydrogens (tertiary/aromatic N) is 2. The highest BCUT2D eigenvalue weighted by Gasteiger charge is 2.05. The van der Waals surface area contributed by atoms with Crippen LogP contribution in [0.5, 0.6) is 0 Å². The summed E-state index contributed by atoms with van der Waals surface area (Å²) in [4.78, 5) is 22.1. The number of carbonyl (C=O) groups excluding carboxylic acids is 1. The Morgan fingerprint density at radius 1 is 1.24 bits per heavy atom. The molecule has 2 heterocycles. The average molecular weight is 359 g/mol. The van der Waals surface area contributed by atoms with Crippen molar-refractivity contribution in [2.45, 2.75) is 33.7 Å². The van der Waals surface area contributed by atoms with Crippen molar-refractivity contribution in [3.05, 3.63) is 45.8 Å². The molecule has 2 rings (SSSR count). The second kappa shape index (κ2) is 9.78. The van der Waals surface area contributed by atoms with Gasteiger partial charge in [-0.15, -0.1) is 11.3 Å². The van der Waals surface area contributed by atoms with Gasteiger partial charge < -0.3 is 16.0 Å². The molecule has 0 fully saturated rings. The molecular weight excluding hydrogens is 334 g/mol. The number of anilines is 1. The van der Waals surface area contributed by atoms with Crippen molar-refractivity contribution in [1.82, 2.24) is 15.6 Å². The van der Waals surface area contributed by atoms with Crippen LogP contribution in [0.2, 0.25) is 0 Å². The van der Waals surface area contributed by atoms with E-state index in [-0.39, 0.29) is 5.91 Å². The number of aromatic nitrogens is 1. The Bertz CT molecular complexity index is 726. The fraction of sp³-hybridized carbons (Fsp3) is 0.389. The fourth-order valence-corrected chi connectivity index (χ4v) is 3.00. The Morgan fingerprint density at radius 3 is 2.76 bits per heavy atom. The van der Waals surface area contributed by atoms with Crippen molar-refractivity contribution in [2.24, 2.45) is 4.99 Å². The third-order valence-electron chi connectivity index (χ3n) is 3.49. The van der Waals surface area contributed by atoms with Gasteiger partial charge in [0.15, 0.2) is 5.96 Å². The van der Waals surface area contributed by atoms with E-state index in [9.17, 15) is 4.79 Å². The van der Waals surface area contributed by atoms with Gasteiger partial charge in [-0.2, -0.15) is 0 Å². The summed E-state index contributed by atoms with van der Waals surface area (Å²) in [6.45, 7) is 7.92. The molecule has 0 bridgehead atoms. The summed E-state index contributed by atoms with van der Waals surface area (Å²) in [6, 6.07) is 7.65. The SMILES string of the molecule is CCNC(=NCc1sccc1C)NCCC(=O)Nc1cccc(C)n1. The zero-order valence-electron chi connectivity index (χ0n) is 14.9. The predicted molar refractivity (Wildman–Crippen MR) is 104 cm³/mol. The lowest BCUT2D eigenvalue weighted by Gasteiger charge is -2.11. The van der Waals surface area contributed by atoms with Gasteiger partial charge >= 0.3 is 0 Å². The van der Waals surface area contributed by atoms with Gasteiger partial charge in [-0.05, 0) is 49.9 Å². The Balaban J connectivity index is 1.80. The van der Waals surface area contributed by atoms with Gasteiger partial charge in [0.2, 0.25) is 5.91 Å². The van der Waals surface area contributed by atoms with Crippen LogP contribution < -0.4 is 16.0 Å². The van der Waals surface area contributed by atoms with E-state index in [4.69, 9.17) is 0 Å². The van der Waals surface area contributed by atoms with Crippen LogP contribution in [0.15, 0.2) is 34.6 Å². The molecule has 0 radical (unpaired) electrons. The number of carbonyl (C=O) groups is 1. The summed E-state index contributed by atoms with van der Waals surface area (Å²) in [5.74, 6) is 1.23. The molecule has 0 atom stereocenters. The minimum Gasteiger partial charge on any atom is -0.357 e. The molecule has 0 saturated heterocycles. The first-order valence-corrected chi connectivity index (χ1v) is 9.25. The van der Waals surface area contributed by atoms with Crippen molar-refractivity contribution >= 4 is 29.0 Å². The molecule has 0 aromatic carbocycles. The molecule has 0 aliphatic heterocycles. The lowest BCUT2D eigenvalue weighted by atomic mass is 10.3. The zero-order chi connectivity index (χ0) is 18.1. The standard InChI is InChI=1S/C18H25N5OS/c1-4-19-18(21-12-15-13(2)9-11-25-15)20-10-8-17(24)23-16-7-5-6-14(3)22-16/h5-7,9,11H,4,8,10,12H2,1-3H3,(H2,19,20,21)(H,22,23,24). The second-order valence-electron chi connectivity index (χ2n) is 5.61. The highest BCUT2D eigenvalue weighted by molar-refractivity contribution is 7.10. The number of hydrogen-bond acceptors (Lipinski definition) is 4. The Kier molecular flexibility index (Phi) is 7.40. The Labute approximate surface area is 152 Å². The molecule has 6 nitrogen and oxygen atoms in total. The number of nitrogens with one attached hydrogen (secondary N) is 3. The molecule has 25 heavy (non-hydrogen) atoms. The van der Waals surface area contributed by atoms with Crippen LogP contribution in [0, 0.1) is 13.8 Å². The van der Waals surface area contributed by atoms with Crippen molar-refractivity contribution in [3.63, 3.8) is 0 Å². The van der Waals surface area contributed by atoms with Crippen molar-refractivity contribution in [3.8, 4) is 0 Å². The van der Waals surface area contributed by atoms with Gasteiger partial charge in [0, 0.05) is 30.1 Å². The van der Waals surface area contributed by atoms with Gasteiger partial charge in [-0.1, -0.05) is 6.07 Å². The van der Waals surface area contributed by atoms with Gasteiger partial charge in [-0.3, -0.25) is 4.79 Å². The topological polar surface area (TPSA) is 78.4 Å². The number of guanidine groups is 1. The van der Waals surface area contributed by atoms with E-state index in [1.54, 1.807) is 17.4 Å². The molecule has 2 aromatic heterocycles. The van der Waals surface area contributed by atoms with Gasteiger partial charge in [0.25, 0.3) is 0 Å². The summed E-state index contributed by atoms with van der Waals surface area (Å²) in [6.07, 6.45) is 0.345. The second-order valence-corrected chi connectivity index (χ2v) is 6.61. The first kappa shape index (κ1) is 18.9. The third-order valence-corrected chi connectivity index (χ3v) is 4.50. The summed E-state index contributed by atoms with van der Waals surface area (Å²) < 4.78 is 0. The van der Waals surface area contributed by atoms with Crippen LogP contribution in [0.4, 0.5) is 5.82 Å². The maximum absolute atomic E-state index is 12.0. The molecular formula is C18H25N5OS. The monoisotopic (exact) mass is 359 g/mol. The number of aryl methyl sites for hydroxylation is 2. The molecule has 134 valence electrons. The zero-order valence-corrected chi connectivity index (χ0v) is 15.7. The number of pyridine rings is 1. The van der Waals surface area contributed by atoms with Crippen LogP contribution in [-0.2, 0) is 11.3 Å². The van der Waals surface area contributed by atoms with E-state index in [1.807, 2.05) is 26.0 Å². The third kappa shape index (κ3) is 6.54. The quantitative estimate of drug-likeness (QED) is 0.525. The largest absolute Gasteiger partial charge is 0.357 e. The van der Waals surface area contributed by atoms with Gasteiger partial charge in [0.05, 0.1) is 6.54 Å². The molecule has 0 aliphatic rings.